The number of nitrogens with zero attached hydrogens (tertiary/aromatic N) is 5. The van der Waals surface area contributed by atoms with Crippen molar-refractivity contribution in [1.82, 2.24) is 9.13 Å². The van der Waals surface area contributed by atoms with Gasteiger partial charge in [0, 0.05) is 50.9 Å². The van der Waals surface area contributed by atoms with Crippen LogP contribution in [0.3, 0.4) is 0 Å². The van der Waals surface area contributed by atoms with Crippen LogP contribution in [-0.2, 0) is 11.1 Å². The molecule has 0 bridgehead atoms. The smallest absolute Gasteiger partial charge is 0.308 e. The largest absolute Gasteiger partial charge is 0.319 e. The van der Waals surface area contributed by atoms with Crippen molar-refractivity contribution < 1.29 is 9.13 Å². The zero-order chi connectivity index (χ0) is 42.8. The van der Waals surface area contributed by atoms with Crippen LogP contribution < -0.4 is 14.0 Å². The van der Waals surface area contributed by atoms with Gasteiger partial charge in [-0.25, -0.2) is 0 Å². The fraction of sp³-hybridized carbons (Fsp3) is 0.133. The van der Waals surface area contributed by atoms with Crippen LogP contribution in [0.2, 0.25) is 0 Å². The Morgan fingerprint density at radius 1 is 0.431 bits per heavy atom. The number of benzene rings is 7. The van der Waals surface area contributed by atoms with E-state index in [1.54, 1.807) is 0 Å². The van der Waals surface area contributed by atoms with E-state index in [0.29, 0.717) is 0 Å². The van der Waals surface area contributed by atoms with Crippen LogP contribution in [0, 0.1) is 0 Å². The third kappa shape index (κ3) is 3.74. The topological polar surface area (TPSA) is 20.9 Å². The van der Waals surface area contributed by atoms with Gasteiger partial charge in [0.25, 0.3) is 11.6 Å². The van der Waals surface area contributed by atoms with Crippen LogP contribution in [-0.4, -0.2) is 9.13 Å². The Bertz CT molecular complexity index is 4000. The number of rotatable bonds is 4. The van der Waals surface area contributed by atoms with Crippen LogP contribution in [0.15, 0.2) is 176 Å². The maximum absolute atomic E-state index is 2.79. The number of aromatic nitrogens is 4. The van der Waals surface area contributed by atoms with Gasteiger partial charge in [0.2, 0.25) is 0 Å². The molecule has 1 spiro atoms. The van der Waals surface area contributed by atoms with Gasteiger partial charge in [0.1, 0.15) is 22.2 Å². The first kappa shape index (κ1) is 34.7. The molecule has 11 aromatic rings. The van der Waals surface area contributed by atoms with Crippen LogP contribution >= 0.6 is 0 Å². The minimum atomic E-state index is -0.746. The summed E-state index contributed by atoms with van der Waals surface area (Å²) in [5, 5.41) is 5.18. The Balaban J connectivity index is 1.19. The molecule has 0 aliphatic carbocycles. The summed E-state index contributed by atoms with van der Waals surface area (Å²) in [5.41, 5.74) is 21.1. The van der Waals surface area contributed by atoms with Crippen molar-refractivity contribution in [3.8, 4) is 23.0 Å². The SMILES string of the molecule is CC(c1ccccc1)c1cc2[n+]3c(c1)-n1c4ccccc4c4ccc5c(c41)C31c3c4c(cc6c7ccccc7n(c36)-c3cc(C(C)c6ccccc6)cc-2[n+]31)C(C)(C)c1ccccc1N54. The number of anilines is 3. The fourth-order valence-electron chi connectivity index (χ4n) is 13.6. The average molecular weight is 834 g/mol. The normalized spacial score (nSPS) is 17.9. The van der Waals surface area contributed by atoms with Crippen LogP contribution in [0.25, 0.3) is 66.6 Å². The molecule has 0 saturated heterocycles. The molecule has 0 fully saturated rings. The molecule has 5 aliphatic rings. The van der Waals surface area contributed by atoms with Crippen molar-refractivity contribution >= 4 is 60.7 Å². The predicted octanol–water partition coefficient (Wildman–Crippen LogP) is 13.1. The van der Waals surface area contributed by atoms with Gasteiger partial charge in [0.05, 0.1) is 17.1 Å². The molecular weight excluding hydrogens is 791 g/mol. The summed E-state index contributed by atoms with van der Waals surface area (Å²) in [6.45, 7) is 9.67. The van der Waals surface area contributed by atoms with Crippen LogP contribution in [0.4, 0.5) is 17.1 Å². The summed E-state index contributed by atoms with van der Waals surface area (Å²) in [5.74, 6) is 2.75. The van der Waals surface area contributed by atoms with Crippen molar-refractivity contribution in [2.24, 2.45) is 0 Å². The van der Waals surface area contributed by atoms with Crippen molar-refractivity contribution in [3.63, 3.8) is 0 Å². The highest BCUT2D eigenvalue weighted by Crippen LogP contribution is 2.65. The van der Waals surface area contributed by atoms with E-state index in [9.17, 15) is 0 Å². The molecule has 0 amide bonds. The van der Waals surface area contributed by atoms with Gasteiger partial charge in [-0.1, -0.05) is 131 Å². The highest BCUT2D eigenvalue weighted by atomic mass is 15.4. The van der Waals surface area contributed by atoms with Crippen molar-refractivity contribution in [2.45, 2.75) is 50.6 Å². The summed E-state index contributed by atoms with van der Waals surface area (Å²) in [6, 6.07) is 67.3. The van der Waals surface area contributed by atoms with Gasteiger partial charge < -0.3 is 4.90 Å². The molecule has 65 heavy (non-hydrogen) atoms. The molecule has 5 heteroatoms. The van der Waals surface area contributed by atoms with E-state index in [0.717, 1.165) is 0 Å². The summed E-state index contributed by atoms with van der Waals surface area (Å²) in [7, 11) is 0. The molecule has 16 rings (SSSR count). The van der Waals surface area contributed by atoms with Crippen molar-refractivity contribution in [1.29, 1.82) is 0 Å². The van der Waals surface area contributed by atoms with Crippen LogP contribution in [0.1, 0.15) is 84.0 Å². The molecular formula is C60H43N5+2. The molecule has 3 atom stereocenters. The lowest BCUT2D eigenvalue weighted by molar-refractivity contribution is -0.934. The molecule has 0 N–H and O–H groups in total. The highest BCUT2D eigenvalue weighted by Gasteiger charge is 2.70. The van der Waals surface area contributed by atoms with Gasteiger partial charge >= 0.3 is 5.66 Å². The molecule has 5 aliphatic heterocycles. The monoisotopic (exact) mass is 833 g/mol. The second-order valence-corrected chi connectivity index (χ2v) is 19.8. The molecule has 7 aromatic carbocycles. The second kappa shape index (κ2) is 11.3. The first-order chi connectivity index (χ1) is 31.9. The molecule has 0 saturated carbocycles. The first-order valence-corrected chi connectivity index (χ1v) is 23.3. The first-order valence-electron chi connectivity index (χ1n) is 23.3. The van der Waals surface area contributed by atoms with Crippen LogP contribution in [0.5, 0.6) is 0 Å². The molecule has 9 heterocycles. The quantitative estimate of drug-likeness (QED) is 0.162. The fourth-order valence-corrected chi connectivity index (χ4v) is 13.6. The van der Waals surface area contributed by atoms with Gasteiger partial charge in [-0.2, -0.15) is 18.3 Å². The molecule has 0 radical (unpaired) electrons. The third-order valence-corrected chi connectivity index (χ3v) is 16.5. The summed E-state index contributed by atoms with van der Waals surface area (Å²) in [4.78, 5) is 2.67. The minimum absolute atomic E-state index is 0.164. The highest BCUT2D eigenvalue weighted by molar-refractivity contribution is 6.17. The lowest BCUT2D eigenvalue weighted by Gasteiger charge is -2.49. The van der Waals surface area contributed by atoms with E-state index in [-0.39, 0.29) is 17.3 Å². The van der Waals surface area contributed by atoms with E-state index < -0.39 is 5.66 Å². The Labute approximate surface area is 376 Å². The maximum Gasteiger partial charge on any atom is 0.319 e. The minimum Gasteiger partial charge on any atom is -0.308 e. The lowest BCUT2D eigenvalue weighted by atomic mass is 9.68. The Morgan fingerprint density at radius 2 is 0.954 bits per heavy atom. The second-order valence-electron chi connectivity index (χ2n) is 19.8. The lowest BCUT2D eigenvalue weighted by Crippen LogP contribution is -2.76. The van der Waals surface area contributed by atoms with E-state index in [4.69, 9.17) is 0 Å². The van der Waals surface area contributed by atoms with Gasteiger partial charge in [-0.3, -0.25) is 0 Å². The van der Waals surface area contributed by atoms with Gasteiger partial charge in [-0.05, 0) is 94.0 Å². The predicted molar refractivity (Wildman–Crippen MR) is 261 cm³/mol. The van der Waals surface area contributed by atoms with Crippen molar-refractivity contribution in [2.75, 3.05) is 4.90 Å². The van der Waals surface area contributed by atoms with Gasteiger partial charge in [0.15, 0.2) is 22.4 Å². The maximum atomic E-state index is 2.79. The Morgan fingerprint density at radius 3 is 1.57 bits per heavy atom. The Kier molecular flexibility index (Phi) is 6.03. The number of pyridine rings is 2. The number of hydrogen-bond donors (Lipinski definition) is 0. The number of fused-ring (bicyclic) bond motifs is 12. The zero-order valence-electron chi connectivity index (χ0n) is 36.6. The van der Waals surface area contributed by atoms with E-state index in [1.807, 2.05) is 0 Å². The third-order valence-electron chi connectivity index (χ3n) is 16.5. The van der Waals surface area contributed by atoms with Crippen molar-refractivity contribution in [3.05, 3.63) is 220 Å². The summed E-state index contributed by atoms with van der Waals surface area (Å²) >= 11 is 0. The van der Waals surface area contributed by atoms with Gasteiger partial charge in [-0.15, -0.1) is 0 Å². The summed E-state index contributed by atoms with van der Waals surface area (Å²) < 4.78 is 10.9. The molecule has 4 aromatic heterocycles. The average Bonchev–Trinajstić information content (AvgIpc) is 3.98. The van der Waals surface area contributed by atoms with E-state index in [2.05, 4.69) is 227 Å². The van der Waals surface area contributed by atoms with E-state index in [1.165, 1.54) is 128 Å². The van der Waals surface area contributed by atoms with E-state index >= 15 is 0 Å². The number of hydrogen-bond acceptors (Lipinski definition) is 1. The Hall–Kier alpha value is -7.76. The molecule has 5 nitrogen and oxygen atoms in total. The zero-order valence-corrected chi connectivity index (χ0v) is 36.6. The molecule has 3 unspecified atom stereocenters. The summed E-state index contributed by atoms with van der Waals surface area (Å²) in [6.07, 6.45) is 0. The number of para-hydroxylation sites is 3. The standard InChI is InChI=1S/C60H43N5/c1-34(36-17-7-5-8-18-36)38-29-50-51-30-39(35(2)37-19-9-6-10-20-37)32-53-63-47-25-15-12-22-41(47)43-33-45-58-55(57(43)63)60(65(51)53)54-49(61(58)48-26-16-13-23-44(48)59(45,3)4)28-27-42-40-21-11-14-24-46(40)62(56(42)54)52(31-38)64(50)60/h5-35H,1-4H3/q+2. The molecule has 306 valence electrons.